The predicted octanol–water partition coefficient (Wildman–Crippen LogP) is 2.28. The molecule has 1 fully saturated rings. The molecule has 0 aromatic heterocycles. The molecule has 0 bridgehead atoms. The van der Waals surface area contributed by atoms with Crippen LogP contribution in [0, 0.1) is 11.7 Å². The van der Waals surface area contributed by atoms with E-state index in [-0.39, 0.29) is 23.9 Å². The van der Waals surface area contributed by atoms with Crippen LogP contribution in [-0.2, 0) is 21.2 Å². The monoisotopic (exact) mass is 488 g/mol. The molecule has 0 unspecified atom stereocenters. The van der Waals surface area contributed by atoms with Gasteiger partial charge in [-0.3, -0.25) is 9.59 Å². The van der Waals surface area contributed by atoms with Crippen LogP contribution in [0.1, 0.15) is 28.8 Å². The Bertz CT molecular complexity index is 1140. The predicted molar refractivity (Wildman–Crippen MR) is 128 cm³/mol. The fraction of sp³-hybridized carbons (Fsp3) is 0.333. The Hall–Kier alpha value is -3.08. The minimum atomic E-state index is -4.11. The third-order valence-electron chi connectivity index (χ3n) is 5.82. The molecule has 182 valence electrons. The third-order valence-corrected chi connectivity index (χ3v) is 7.26. The molecule has 0 atom stereocenters. The van der Waals surface area contributed by atoms with Crippen LogP contribution >= 0.6 is 0 Å². The van der Waals surface area contributed by atoms with Crippen LogP contribution in [0.25, 0.3) is 0 Å². The molecular weight excluding hydrogens is 459 g/mol. The summed E-state index contributed by atoms with van der Waals surface area (Å²) < 4.78 is 40.8. The highest BCUT2D eigenvalue weighted by molar-refractivity contribution is 7.89. The Kier molecular flexibility index (Phi) is 8.54. The fourth-order valence-corrected chi connectivity index (χ4v) is 4.88. The van der Waals surface area contributed by atoms with E-state index < -0.39 is 26.6 Å². The van der Waals surface area contributed by atoms with Crippen molar-refractivity contribution < 1.29 is 22.4 Å². The SMILES string of the molecule is C=CCNS(=O)(=O)c1cc(C(=O)Nc2ccc(CCN3CCC(C(N)=O)CC3)cc2)ccc1F. The van der Waals surface area contributed by atoms with Crippen molar-refractivity contribution in [3.05, 3.63) is 72.1 Å². The van der Waals surface area contributed by atoms with E-state index in [1.807, 2.05) is 12.1 Å². The summed E-state index contributed by atoms with van der Waals surface area (Å²) in [4.78, 5) is 25.6. The van der Waals surface area contributed by atoms with Crippen molar-refractivity contribution in [3.8, 4) is 0 Å². The topological polar surface area (TPSA) is 122 Å². The van der Waals surface area contributed by atoms with Crippen molar-refractivity contribution in [3.63, 3.8) is 0 Å². The van der Waals surface area contributed by atoms with Crippen LogP contribution in [0.15, 0.2) is 60.0 Å². The van der Waals surface area contributed by atoms with E-state index in [1.54, 1.807) is 12.1 Å². The van der Waals surface area contributed by atoms with Gasteiger partial charge in [0.25, 0.3) is 5.91 Å². The van der Waals surface area contributed by atoms with Crippen molar-refractivity contribution in [2.75, 3.05) is 31.5 Å². The molecule has 2 aromatic carbocycles. The van der Waals surface area contributed by atoms with Crippen LogP contribution in [0.2, 0.25) is 0 Å². The molecular formula is C24H29FN4O4S. The number of anilines is 1. The van der Waals surface area contributed by atoms with Gasteiger partial charge in [0.05, 0.1) is 0 Å². The lowest BCUT2D eigenvalue weighted by molar-refractivity contribution is -0.123. The second-order valence-corrected chi connectivity index (χ2v) is 9.94. The molecule has 3 rings (SSSR count). The Balaban J connectivity index is 1.57. The first kappa shape index (κ1) is 25.5. The van der Waals surface area contributed by atoms with Gasteiger partial charge < -0.3 is 16.0 Å². The average molecular weight is 489 g/mol. The number of carbonyl (C=O) groups is 2. The van der Waals surface area contributed by atoms with Gasteiger partial charge in [0.15, 0.2) is 0 Å². The lowest BCUT2D eigenvalue weighted by Crippen LogP contribution is -2.39. The Morgan fingerprint density at radius 3 is 2.44 bits per heavy atom. The molecule has 0 spiro atoms. The van der Waals surface area contributed by atoms with E-state index >= 15 is 0 Å². The van der Waals surface area contributed by atoms with E-state index in [1.165, 1.54) is 12.1 Å². The molecule has 8 nitrogen and oxygen atoms in total. The van der Waals surface area contributed by atoms with Crippen LogP contribution < -0.4 is 15.8 Å². The van der Waals surface area contributed by atoms with Crippen LogP contribution in [0.3, 0.4) is 0 Å². The molecule has 10 heteroatoms. The lowest BCUT2D eigenvalue weighted by Gasteiger charge is -2.30. The summed E-state index contributed by atoms with van der Waals surface area (Å²) in [5.74, 6) is -1.75. The number of amides is 2. The number of halogens is 1. The van der Waals surface area contributed by atoms with E-state index in [0.717, 1.165) is 56.6 Å². The molecule has 1 aliphatic heterocycles. The lowest BCUT2D eigenvalue weighted by atomic mass is 9.96. The number of likely N-dealkylation sites (tertiary alicyclic amines) is 1. The molecule has 0 aliphatic carbocycles. The Morgan fingerprint density at radius 2 is 1.82 bits per heavy atom. The van der Waals surface area contributed by atoms with Gasteiger partial charge in [-0.05, 0) is 68.2 Å². The second kappa shape index (κ2) is 11.4. The average Bonchev–Trinajstić information content (AvgIpc) is 2.82. The van der Waals surface area contributed by atoms with E-state index in [0.29, 0.717) is 5.69 Å². The molecule has 1 saturated heterocycles. The highest BCUT2D eigenvalue weighted by atomic mass is 32.2. The van der Waals surface area contributed by atoms with Gasteiger partial charge in [0.2, 0.25) is 15.9 Å². The maximum Gasteiger partial charge on any atom is 0.255 e. The van der Waals surface area contributed by atoms with Crippen molar-refractivity contribution >= 4 is 27.5 Å². The summed E-state index contributed by atoms with van der Waals surface area (Å²) in [6, 6.07) is 10.5. The Labute approximate surface area is 199 Å². The molecule has 1 heterocycles. The summed E-state index contributed by atoms with van der Waals surface area (Å²) in [6.45, 7) is 5.92. The second-order valence-electron chi connectivity index (χ2n) is 8.21. The highest BCUT2D eigenvalue weighted by Gasteiger charge is 2.23. The first-order valence-electron chi connectivity index (χ1n) is 11.0. The van der Waals surface area contributed by atoms with Crippen LogP contribution in [-0.4, -0.2) is 51.3 Å². The van der Waals surface area contributed by atoms with E-state index in [4.69, 9.17) is 5.73 Å². The number of hydrogen-bond acceptors (Lipinski definition) is 5. The van der Waals surface area contributed by atoms with Gasteiger partial charge in [0.1, 0.15) is 10.7 Å². The quantitative estimate of drug-likeness (QED) is 0.443. The van der Waals surface area contributed by atoms with Gasteiger partial charge in [-0.25, -0.2) is 17.5 Å². The molecule has 1 aliphatic rings. The maximum atomic E-state index is 14.1. The smallest absolute Gasteiger partial charge is 0.255 e. The van der Waals surface area contributed by atoms with Crippen LogP contribution in [0.4, 0.5) is 10.1 Å². The number of nitrogens with one attached hydrogen (secondary N) is 2. The summed E-state index contributed by atoms with van der Waals surface area (Å²) in [7, 11) is -4.11. The minimum absolute atomic E-state index is 0.0174. The third kappa shape index (κ3) is 6.72. The molecule has 2 amide bonds. The number of rotatable bonds is 10. The number of benzene rings is 2. The summed E-state index contributed by atoms with van der Waals surface area (Å²) >= 11 is 0. The summed E-state index contributed by atoms with van der Waals surface area (Å²) in [5.41, 5.74) is 7.03. The number of hydrogen-bond donors (Lipinski definition) is 3. The van der Waals surface area contributed by atoms with Gasteiger partial charge in [-0.1, -0.05) is 18.2 Å². The Morgan fingerprint density at radius 1 is 1.15 bits per heavy atom. The normalized spacial score (nSPS) is 15.1. The first-order valence-corrected chi connectivity index (χ1v) is 12.5. The van der Waals surface area contributed by atoms with E-state index in [9.17, 15) is 22.4 Å². The minimum Gasteiger partial charge on any atom is -0.369 e. The number of nitrogens with two attached hydrogens (primary N) is 1. The van der Waals surface area contributed by atoms with Crippen LogP contribution in [0.5, 0.6) is 0 Å². The number of nitrogens with zero attached hydrogens (tertiary/aromatic N) is 1. The number of sulfonamides is 1. The number of carbonyl (C=O) groups excluding carboxylic acids is 2. The zero-order valence-electron chi connectivity index (χ0n) is 18.8. The summed E-state index contributed by atoms with van der Waals surface area (Å²) in [5, 5.41) is 2.70. The zero-order valence-corrected chi connectivity index (χ0v) is 19.6. The maximum absolute atomic E-state index is 14.1. The van der Waals surface area contributed by atoms with Crippen molar-refractivity contribution in [1.29, 1.82) is 0 Å². The molecule has 0 radical (unpaired) electrons. The fourth-order valence-electron chi connectivity index (χ4n) is 3.78. The van der Waals surface area contributed by atoms with Gasteiger partial charge in [0, 0.05) is 30.3 Å². The van der Waals surface area contributed by atoms with Gasteiger partial charge in [-0.2, -0.15) is 0 Å². The zero-order chi connectivity index (χ0) is 24.7. The summed E-state index contributed by atoms with van der Waals surface area (Å²) in [6.07, 6.45) is 3.74. The number of primary amides is 1. The molecule has 4 N–H and O–H groups in total. The first-order chi connectivity index (χ1) is 16.2. The number of piperidine rings is 1. The van der Waals surface area contributed by atoms with Crippen molar-refractivity contribution in [2.24, 2.45) is 11.7 Å². The molecule has 2 aromatic rings. The van der Waals surface area contributed by atoms with Crippen molar-refractivity contribution in [1.82, 2.24) is 9.62 Å². The van der Waals surface area contributed by atoms with Gasteiger partial charge >= 0.3 is 0 Å². The van der Waals surface area contributed by atoms with Gasteiger partial charge in [-0.15, -0.1) is 6.58 Å². The molecule has 34 heavy (non-hydrogen) atoms. The highest BCUT2D eigenvalue weighted by Crippen LogP contribution is 2.19. The standard InChI is InChI=1S/C24H29FN4O4S/c1-2-12-27-34(32,33)22-16-19(5-8-21(22)25)24(31)28-20-6-3-17(4-7-20)9-13-29-14-10-18(11-15-29)23(26)30/h2-8,16,18,27H,1,9-15H2,(H2,26,30)(H,28,31). The molecule has 0 saturated carbocycles. The van der Waals surface area contributed by atoms with E-state index in [2.05, 4.69) is 21.5 Å². The van der Waals surface area contributed by atoms with Crippen molar-refractivity contribution in [2.45, 2.75) is 24.2 Å². The largest absolute Gasteiger partial charge is 0.369 e.